The van der Waals surface area contributed by atoms with Gasteiger partial charge in [0.15, 0.2) is 0 Å². The molecule has 0 saturated carbocycles. The monoisotopic (exact) mass is 696 g/mol. The molecule has 4 unspecified atom stereocenters. The molecule has 6 heterocycles. The lowest BCUT2D eigenvalue weighted by atomic mass is 10.0. The fourth-order valence-corrected chi connectivity index (χ4v) is 8.47. The number of alkyl carbamates (subject to hydrolysis) is 1. The summed E-state index contributed by atoms with van der Waals surface area (Å²) in [6, 6.07) is 21.0. The van der Waals surface area contributed by atoms with E-state index in [0.29, 0.717) is 24.6 Å². The first kappa shape index (κ1) is 32.0. The topological polar surface area (TPSA) is 141 Å². The molecule has 3 N–H and O–H groups in total. The molecule has 0 radical (unpaired) electrons. The number of hydrogen-bond donors (Lipinski definition) is 3. The van der Waals surface area contributed by atoms with Gasteiger partial charge in [0.05, 0.1) is 42.1 Å². The molecule has 264 valence electrons. The average Bonchev–Trinajstić information content (AvgIpc) is 4.01. The molecule has 0 bridgehead atoms. The number of ether oxygens (including phenoxy) is 1. The van der Waals surface area contributed by atoms with Gasteiger partial charge in [0.1, 0.15) is 17.7 Å². The van der Waals surface area contributed by atoms with E-state index in [1.54, 1.807) is 0 Å². The zero-order chi connectivity index (χ0) is 35.3. The van der Waals surface area contributed by atoms with Crippen molar-refractivity contribution in [3.05, 3.63) is 103 Å². The molecule has 12 nitrogen and oxygen atoms in total. The maximum atomic E-state index is 14.0. The lowest BCUT2D eigenvalue weighted by Crippen LogP contribution is -2.42. The fraction of sp³-hybridized carbons (Fsp3) is 0.325. The first-order valence-electron chi connectivity index (χ1n) is 18.1. The van der Waals surface area contributed by atoms with E-state index in [1.807, 2.05) is 53.6 Å². The normalized spacial score (nSPS) is 20.8. The number of likely N-dealkylation sites (tertiary alicyclic amines) is 1. The summed E-state index contributed by atoms with van der Waals surface area (Å²) in [5.74, 6) is 1.65. The number of H-pyrrole nitrogens is 2. The number of carbonyl (C=O) groups is 3. The predicted octanol–water partition coefficient (Wildman–Crippen LogP) is 6.87. The number of aromatic nitrogens is 5. The van der Waals surface area contributed by atoms with Gasteiger partial charge < -0.3 is 34.4 Å². The van der Waals surface area contributed by atoms with Crippen molar-refractivity contribution < 1.29 is 19.1 Å². The molecule has 3 aromatic heterocycles. The van der Waals surface area contributed by atoms with Crippen LogP contribution in [0.5, 0.6) is 0 Å². The highest BCUT2D eigenvalue weighted by Gasteiger charge is 2.41. The van der Waals surface area contributed by atoms with Gasteiger partial charge in [-0.25, -0.2) is 14.8 Å². The Hall–Kier alpha value is -5.91. The first-order valence-corrected chi connectivity index (χ1v) is 18.1. The number of nitrogens with zero attached hydrogens (tertiary/aromatic N) is 5. The molecule has 3 aliphatic rings. The zero-order valence-electron chi connectivity index (χ0n) is 28.9. The van der Waals surface area contributed by atoms with E-state index in [1.165, 1.54) is 7.11 Å². The number of methoxy groups -OCH3 is 1. The van der Waals surface area contributed by atoms with Gasteiger partial charge >= 0.3 is 6.09 Å². The van der Waals surface area contributed by atoms with E-state index >= 15 is 0 Å². The highest BCUT2D eigenvalue weighted by Crippen LogP contribution is 2.41. The second-order valence-corrected chi connectivity index (χ2v) is 14.1. The zero-order valence-corrected chi connectivity index (χ0v) is 28.9. The van der Waals surface area contributed by atoms with E-state index < -0.39 is 12.1 Å². The van der Waals surface area contributed by atoms with E-state index in [9.17, 15) is 14.4 Å². The maximum Gasteiger partial charge on any atom is 0.407 e. The van der Waals surface area contributed by atoms with Crippen LogP contribution in [0.3, 0.4) is 0 Å². The molecule has 3 fully saturated rings. The minimum Gasteiger partial charge on any atom is -0.453 e. The number of rotatable bonds is 7. The standard InChI is InChI=1S/C40H40N8O4/c1-52-40(51)45-36(24-7-3-2-4-8-24)39(50)47-18-6-10-33(47)38-42-30-16-14-29(20-31(30)43-38)46-22-26-13-12-25(19-27(26)23-46)32-21-41-37(44-32)34-17-15-28-9-5-11-35(49)48(28)34/h2-4,7-8,12-14,16,19-23,28,33-34,36H,5-6,9-11,15,17-18H2,1H3,(H,41,44)(H,42,43)(H,45,51). The molecule has 0 spiro atoms. The molecule has 3 aromatic carbocycles. The predicted molar refractivity (Wildman–Crippen MR) is 195 cm³/mol. The number of piperidine rings is 1. The summed E-state index contributed by atoms with van der Waals surface area (Å²) in [7, 11) is 1.29. The Kier molecular flexibility index (Phi) is 8.01. The van der Waals surface area contributed by atoms with Crippen LogP contribution < -0.4 is 5.32 Å². The Labute approximate surface area is 300 Å². The molecule has 4 atom stereocenters. The number of aromatic amines is 2. The minimum atomic E-state index is -0.871. The minimum absolute atomic E-state index is 0.0290. The Morgan fingerprint density at radius 1 is 0.904 bits per heavy atom. The number of nitrogens with one attached hydrogen (secondary N) is 3. The second kappa shape index (κ2) is 13.0. The van der Waals surface area contributed by atoms with Gasteiger partial charge in [0, 0.05) is 48.0 Å². The van der Waals surface area contributed by atoms with E-state index in [4.69, 9.17) is 14.7 Å². The van der Waals surface area contributed by atoms with Crippen molar-refractivity contribution >= 4 is 39.7 Å². The van der Waals surface area contributed by atoms with Crippen LogP contribution in [0.4, 0.5) is 4.79 Å². The van der Waals surface area contributed by atoms with Gasteiger partial charge in [-0.2, -0.15) is 0 Å². The summed E-state index contributed by atoms with van der Waals surface area (Å²) >= 11 is 0. The summed E-state index contributed by atoms with van der Waals surface area (Å²) in [5, 5.41) is 4.94. The van der Waals surface area contributed by atoms with Gasteiger partial charge in [-0.1, -0.05) is 42.5 Å². The van der Waals surface area contributed by atoms with Crippen LogP contribution in [0, 0.1) is 0 Å². The van der Waals surface area contributed by atoms with Crippen molar-refractivity contribution in [3.63, 3.8) is 0 Å². The number of amides is 3. The molecular formula is C40H40N8O4. The van der Waals surface area contributed by atoms with Crippen LogP contribution in [-0.4, -0.2) is 71.9 Å². The fourth-order valence-electron chi connectivity index (χ4n) is 8.47. The lowest BCUT2D eigenvalue weighted by molar-refractivity contribution is -0.137. The number of benzene rings is 3. The van der Waals surface area contributed by atoms with Crippen LogP contribution in [0.1, 0.15) is 80.3 Å². The molecule has 0 aliphatic carbocycles. The van der Waals surface area contributed by atoms with Crippen molar-refractivity contribution in [3.8, 4) is 16.9 Å². The number of imidazole rings is 2. The van der Waals surface area contributed by atoms with Crippen molar-refractivity contribution in [1.29, 1.82) is 0 Å². The molecule has 3 amide bonds. The Morgan fingerprint density at radius 2 is 1.77 bits per heavy atom. The molecule has 12 heteroatoms. The molecule has 52 heavy (non-hydrogen) atoms. The van der Waals surface area contributed by atoms with Crippen LogP contribution in [0.15, 0.2) is 85.3 Å². The highest BCUT2D eigenvalue weighted by atomic mass is 16.5. The Bertz CT molecular complexity index is 2310. The molecule has 3 saturated heterocycles. The first-order chi connectivity index (χ1) is 25.4. The largest absolute Gasteiger partial charge is 0.453 e. The summed E-state index contributed by atoms with van der Waals surface area (Å²) in [5.41, 5.74) is 5.36. The van der Waals surface area contributed by atoms with Crippen LogP contribution in [-0.2, 0) is 14.3 Å². The molecule has 9 rings (SSSR count). The Morgan fingerprint density at radius 3 is 2.63 bits per heavy atom. The third-order valence-corrected chi connectivity index (χ3v) is 11.0. The van der Waals surface area contributed by atoms with Crippen molar-refractivity contribution in [2.45, 2.75) is 69.1 Å². The van der Waals surface area contributed by atoms with Gasteiger partial charge in [0.25, 0.3) is 5.91 Å². The summed E-state index contributed by atoms with van der Waals surface area (Å²) in [6.45, 7) is 0.564. The third-order valence-electron chi connectivity index (χ3n) is 11.0. The SMILES string of the molecule is COC(=O)NC(C(=O)N1CCCC1c1nc2ccc(-n3cc4ccc(-c5cnc(C6CCC7CCCC(=O)N76)[nH]5)cc4c3)cc2[nH]1)c1ccccc1. The molecular weight excluding hydrogens is 656 g/mol. The van der Waals surface area contributed by atoms with E-state index in [2.05, 4.69) is 61.4 Å². The third kappa shape index (κ3) is 5.68. The number of fused-ring (bicyclic) bond motifs is 3. The smallest absolute Gasteiger partial charge is 0.407 e. The van der Waals surface area contributed by atoms with Crippen molar-refractivity contribution in [2.24, 2.45) is 0 Å². The van der Waals surface area contributed by atoms with Gasteiger partial charge in [-0.05, 0) is 73.7 Å². The van der Waals surface area contributed by atoms with E-state index in [-0.39, 0.29) is 23.9 Å². The quantitative estimate of drug-likeness (QED) is 0.166. The van der Waals surface area contributed by atoms with Gasteiger partial charge in [-0.15, -0.1) is 0 Å². The maximum absolute atomic E-state index is 14.0. The van der Waals surface area contributed by atoms with Gasteiger partial charge in [0.2, 0.25) is 5.91 Å². The molecule has 3 aliphatic heterocycles. The highest BCUT2D eigenvalue weighted by molar-refractivity contribution is 5.89. The second-order valence-electron chi connectivity index (χ2n) is 14.1. The lowest BCUT2D eigenvalue weighted by Gasteiger charge is -2.33. The van der Waals surface area contributed by atoms with Gasteiger partial charge in [-0.3, -0.25) is 9.59 Å². The summed E-state index contributed by atoms with van der Waals surface area (Å²) < 4.78 is 6.95. The number of hydrogen-bond acceptors (Lipinski definition) is 6. The van der Waals surface area contributed by atoms with Crippen molar-refractivity contribution in [2.75, 3.05) is 13.7 Å². The van der Waals surface area contributed by atoms with Crippen LogP contribution >= 0.6 is 0 Å². The number of carbonyl (C=O) groups excluding carboxylic acids is 3. The average molecular weight is 697 g/mol. The summed E-state index contributed by atoms with van der Waals surface area (Å²) in [6.07, 6.45) is 11.8. The van der Waals surface area contributed by atoms with E-state index in [0.717, 1.165) is 88.9 Å². The van der Waals surface area contributed by atoms with Crippen LogP contribution in [0.25, 0.3) is 38.8 Å². The van der Waals surface area contributed by atoms with Crippen LogP contribution in [0.2, 0.25) is 0 Å². The summed E-state index contributed by atoms with van der Waals surface area (Å²) in [4.78, 5) is 59.5. The Balaban J connectivity index is 0.951. The van der Waals surface area contributed by atoms with Crippen molar-refractivity contribution in [1.82, 2.24) is 39.6 Å². The molecule has 6 aromatic rings.